The van der Waals surface area contributed by atoms with Gasteiger partial charge in [-0.2, -0.15) is 0 Å². The second kappa shape index (κ2) is 4.88. The molecule has 0 aromatic heterocycles. The van der Waals surface area contributed by atoms with Gasteiger partial charge in [-0.25, -0.2) is 0 Å². The molecule has 74 valence electrons. The molecule has 0 bridgehead atoms. The highest BCUT2D eigenvalue weighted by molar-refractivity contribution is 9.10. The Bertz CT molecular complexity index is 359. The van der Waals surface area contributed by atoms with Crippen molar-refractivity contribution in [3.8, 4) is 0 Å². The van der Waals surface area contributed by atoms with Crippen molar-refractivity contribution < 1.29 is 10.0 Å². The van der Waals surface area contributed by atoms with Gasteiger partial charge >= 0.3 is 0 Å². The first kappa shape index (κ1) is 10.9. The van der Waals surface area contributed by atoms with E-state index in [1.807, 2.05) is 0 Å². The molecule has 0 fully saturated rings. The van der Waals surface area contributed by atoms with Crippen molar-refractivity contribution >= 4 is 22.0 Å². The highest BCUT2D eigenvalue weighted by atomic mass is 79.9. The monoisotopic (exact) mass is 257 g/mol. The maximum Gasteiger partial charge on any atom is 0.271 e. The van der Waals surface area contributed by atoms with Crippen molar-refractivity contribution in [1.82, 2.24) is 0 Å². The van der Waals surface area contributed by atoms with Gasteiger partial charge in [0, 0.05) is 10.5 Å². The van der Waals surface area contributed by atoms with Crippen molar-refractivity contribution in [3.05, 3.63) is 50.1 Å². The van der Waals surface area contributed by atoms with E-state index in [1.165, 1.54) is 6.08 Å². The summed E-state index contributed by atoms with van der Waals surface area (Å²) in [7, 11) is 0. The van der Waals surface area contributed by atoms with Gasteiger partial charge < -0.3 is 5.11 Å². The first-order valence-electron chi connectivity index (χ1n) is 3.85. The van der Waals surface area contributed by atoms with Crippen LogP contribution in [-0.2, 0) is 0 Å². The standard InChI is InChI=1S/C9H8BrNO3/c10-8-3-1-7(2-4-8)5-9(6-12)11(13)14/h1-5,12H,6H2/b9-5+. The molecule has 0 radical (unpaired) electrons. The smallest absolute Gasteiger partial charge is 0.271 e. The summed E-state index contributed by atoms with van der Waals surface area (Å²) in [6, 6.07) is 7.01. The molecular weight excluding hydrogens is 250 g/mol. The number of hydrogen-bond donors (Lipinski definition) is 1. The van der Waals surface area contributed by atoms with Crippen LogP contribution in [0.3, 0.4) is 0 Å². The zero-order valence-corrected chi connectivity index (χ0v) is 8.77. The Hall–Kier alpha value is -1.20. The van der Waals surface area contributed by atoms with Crippen LogP contribution in [0.25, 0.3) is 6.08 Å². The Morgan fingerprint density at radius 3 is 2.50 bits per heavy atom. The molecule has 0 aliphatic rings. The zero-order valence-electron chi connectivity index (χ0n) is 7.18. The first-order chi connectivity index (χ1) is 6.63. The number of nitrogens with zero attached hydrogens (tertiary/aromatic N) is 1. The summed E-state index contributed by atoms with van der Waals surface area (Å²) in [5, 5.41) is 19.1. The second-order valence-electron chi connectivity index (χ2n) is 2.60. The second-order valence-corrected chi connectivity index (χ2v) is 3.52. The number of benzene rings is 1. The third-order valence-electron chi connectivity index (χ3n) is 1.60. The summed E-state index contributed by atoms with van der Waals surface area (Å²) in [6.45, 7) is -0.566. The molecule has 4 nitrogen and oxygen atoms in total. The molecule has 5 heteroatoms. The number of aliphatic hydroxyl groups excluding tert-OH is 1. The fourth-order valence-corrected chi connectivity index (χ4v) is 1.17. The van der Waals surface area contributed by atoms with Gasteiger partial charge in [0.15, 0.2) is 0 Å². The third-order valence-corrected chi connectivity index (χ3v) is 2.13. The van der Waals surface area contributed by atoms with Gasteiger partial charge in [0.1, 0.15) is 6.61 Å². The summed E-state index contributed by atoms with van der Waals surface area (Å²) >= 11 is 3.25. The van der Waals surface area contributed by atoms with Gasteiger partial charge in [0.2, 0.25) is 0 Å². The Kier molecular flexibility index (Phi) is 3.79. The predicted molar refractivity (Wildman–Crippen MR) is 56.2 cm³/mol. The van der Waals surface area contributed by atoms with Crippen LogP contribution >= 0.6 is 15.9 Å². The average Bonchev–Trinajstić information content (AvgIpc) is 2.16. The van der Waals surface area contributed by atoms with E-state index in [0.717, 1.165) is 4.47 Å². The Morgan fingerprint density at radius 1 is 1.50 bits per heavy atom. The molecule has 1 rings (SSSR count). The number of aliphatic hydroxyl groups is 1. The largest absolute Gasteiger partial charge is 0.385 e. The molecule has 0 spiro atoms. The van der Waals surface area contributed by atoms with Crippen molar-refractivity contribution in [2.24, 2.45) is 0 Å². The van der Waals surface area contributed by atoms with Crippen LogP contribution in [0.4, 0.5) is 0 Å². The maximum atomic E-state index is 10.4. The average molecular weight is 258 g/mol. The molecule has 0 atom stereocenters. The van der Waals surface area contributed by atoms with Crippen LogP contribution in [-0.4, -0.2) is 16.6 Å². The molecule has 0 amide bonds. The van der Waals surface area contributed by atoms with Crippen LogP contribution in [0.5, 0.6) is 0 Å². The molecule has 14 heavy (non-hydrogen) atoms. The summed E-state index contributed by atoms with van der Waals surface area (Å²) in [5.41, 5.74) is 0.473. The van der Waals surface area contributed by atoms with Crippen molar-refractivity contribution in [3.63, 3.8) is 0 Å². The molecule has 0 unspecified atom stereocenters. The quantitative estimate of drug-likeness (QED) is 0.666. The minimum absolute atomic E-state index is 0.215. The van der Waals surface area contributed by atoms with Crippen LogP contribution < -0.4 is 0 Å². The Balaban J connectivity index is 2.95. The predicted octanol–water partition coefficient (Wildman–Crippen LogP) is 2.06. The molecule has 1 aromatic rings. The molecule has 0 heterocycles. The highest BCUT2D eigenvalue weighted by Crippen LogP contribution is 2.13. The van der Waals surface area contributed by atoms with Gasteiger partial charge in [-0.15, -0.1) is 0 Å². The summed E-state index contributed by atoms with van der Waals surface area (Å²) in [6.07, 6.45) is 1.34. The van der Waals surface area contributed by atoms with E-state index in [0.29, 0.717) is 5.56 Å². The third kappa shape index (κ3) is 2.93. The van der Waals surface area contributed by atoms with Gasteiger partial charge in [0.25, 0.3) is 5.70 Å². The molecule has 0 saturated heterocycles. The SMILES string of the molecule is O=[N+]([O-])/C(=C/c1ccc(Br)cc1)CO. The number of hydrogen-bond acceptors (Lipinski definition) is 3. The van der Waals surface area contributed by atoms with Crippen molar-refractivity contribution in [2.45, 2.75) is 0 Å². The molecule has 0 aliphatic carbocycles. The lowest BCUT2D eigenvalue weighted by Gasteiger charge is -1.95. The highest BCUT2D eigenvalue weighted by Gasteiger charge is 2.07. The lowest BCUT2D eigenvalue weighted by Crippen LogP contribution is -2.02. The van der Waals surface area contributed by atoms with Crippen LogP contribution in [0.2, 0.25) is 0 Å². The van der Waals surface area contributed by atoms with Crippen molar-refractivity contribution in [2.75, 3.05) is 6.61 Å². The topological polar surface area (TPSA) is 63.4 Å². The van der Waals surface area contributed by atoms with Crippen LogP contribution in [0.15, 0.2) is 34.4 Å². The van der Waals surface area contributed by atoms with Crippen molar-refractivity contribution in [1.29, 1.82) is 0 Å². The zero-order chi connectivity index (χ0) is 10.6. The van der Waals surface area contributed by atoms with Gasteiger partial charge in [0.05, 0.1) is 4.92 Å². The van der Waals surface area contributed by atoms with E-state index in [-0.39, 0.29) is 5.70 Å². The van der Waals surface area contributed by atoms with Gasteiger partial charge in [-0.1, -0.05) is 28.1 Å². The van der Waals surface area contributed by atoms with E-state index in [2.05, 4.69) is 15.9 Å². The number of halogens is 1. The first-order valence-corrected chi connectivity index (χ1v) is 4.64. The lowest BCUT2D eigenvalue weighted by molar-refractivity contribution is -0.428. The number of rotatable bonds is 3. The van der Waals surface area contributed by atoms with E-state index >= 15 is 0 Å². The molecule has 1 N–H and O–H groups in total. The van der Waals surface area contributed by atoms with Crippen LogP contribution in [0, 0.1) is 10.1 Å². The van der Waals surface area contributed by atoms with Gasteiger partial charge in [-0.05, 0) is 17.7 Å². The fourth-order valence-electron chi connectivity index (χ4n) is 0.907. The normalized spacial score (nSPS) is 11.4. The maximum absolute atomic E-state index is 10.4. The molecule has 1 aromatic carbocycles. The van der Waals surface area contributed by atoms with E-state index in [4.69, 9.17) is 5.11 Å². The summed E-state index contributed by atoms with van der Waals surface area (Å²) in [5.74, 6) is 0. The summed E-state index contributed by atoms with van der Waals surface area (Å²) < 4.78 is 0.904. The Morgan fingerprint density at radius 2 is 2.07 bits per heavy atom. The summed E-state index contributed by atoms with van der Waals surface area (Å²) in [4.78, 5) is 9.77. The Labute approximate surface area is 89.2 Å². The lowest BCUT2D eigenvalue weighted by atomic mass is 10.2. The fraction of sp³-hybridized carbons (Fsp3) is 0.111. The minimum Gasteiger partial charge on any atom is -0.385 e. The molecular formula is C9H8BrNO3. The molecule has 0 saturated carbocycles. The molecule has 0 aliphatic heterocycles. The van der Waals surface area contributed by atoms with Crippen LogP contribution in [0.1, 0.15) is 5.56 Å². The van der Waals surface area contributed by atoms with E-state index < -0.39 is 11.5 Å². The number of nitro groups is 1. The van der Waals surface area contributed by atoms with E-state index in [1.54, 1.807) is 24.3 Å². The van der Waals surface area contributed by atoms with Gasteiger partial charge in [-0.3, -0.25) is 10.1 Å². The van der Waals surface area contributed by atoms with E-state index in [9.17, 15) is 10.1 Å². The minimum atomic E-state index is -0.595.